The average molecular weight is 319 g/mol. The molecule has 2 rings (SSSR count). The molecule has 0 aliphatic carbocycles. The van der Waals surface area contributed by atoms with Crippen LogP contribution in [-0.2, 0) is 13.0 Å². The summed E-state index contributed by atoms with van der Waals surface area (Å²) in [5.74, 6) is 1.62. The van der Waals surface area contributed by atoms with Crippen LogP contribution in [0.25, 0.3) is 10.9 Å². The van der Waals surface area contributed by atoms with Gasteiger partial charge in [-0.3, -0.25) is 0 Å². The van der Waals surface area contributed by atoms with E-state index >= 15 is 0 Å². The van der Waals surface area contributed by atoms with E-state index in [0.29, 0.717) is 13.2 Å². The standard InChI is InChI=1S/C19H29NO3/c1-4-7-9-15-14-20(10-8-11-21)17-13-19(23-6-3)18(22-5-2)12-16(15)17/h12-14,21H,4-11H2,1-3H3. The smallest absolute Gasteiger partial charge is 0.163 e. The molecule has 0 radical (unpaired) electrons. The van der Waals surface area contributed by atoms with Crippen molar-refractivity contribution in [3.63, 3.8) is 0 Å². The maximum absolute atomic E-state index is 9.14. The maximum Gasteiger partial charge on any atom is 0.163 e. The first kappa shape index (κ1) is 17.7. The number of aryl methyl sites for hydroxylation is 2. The third-order valence-electron chi connectivity index (χ3n) is 3.99. The van der Waals surface area contributed by atoms with E-state index in [2.05, 4.69) is 29.8 Å². The molecule has 1 aromatic heterocycles. The van der Waals surface area contributed by atoms with E-state index in [1.165, 1.54) is 23.8 Å². The van der Waals surface area contributed by atoms with Gasteiger partial charge >= 0.3 is 0 Å². The van der Waals surface area contributed by atoms with Crippen molar-refractivity contribution in [1.29, 1.82) is 0 Å². The van der Waals surface area contributed by atoms with Crippen molar-refractivity contribution in [2.24, 2.45) is 0 Å². The number of rotatable bonds is 10. The number of hydrogen-bond donors (Lipinski definition) is 1. The van der Waals surface area contributed by atoms with E-state index in [4.69, 9.17) is 14.6 Å². The highest BCUT2D eigenvalue weighted by Gasteiger charge is 2.14. The molecule has 0 atom stereocenters. The minimum Gasteiger partial charge on any atom is -0.490 e. The van der Waals surface area contributed by atoms with Gasteiger partial charge in [0.15, 0.2) is 11.5 Å². The third-order valence-corrected chi connectivity index (χ3v) is 3.99. The fraction of sp³-hybridized carbons (Fsp3) is 0.579. The van der Waals surface area contributed by atoms with E-state index in [-0.39, 0.29) is 6.61 Å². The summed E-state index contributed by atoms with van der Waals surface area (Å²) in [6, 6.07) is 4.20. The molecule has 0 saturated carbocycles. The zero-order valence-electron chi connectivity index (χ0n) is 14.6. The van der Waals surface area contributed by atoms with E-state index in [9.17, 15) is 0 Å². The van der Waals surface area contributed by atoms with Gasteiger partial charge in [-0.2, -0.15) is 0 Å². The van der Waals surface area contributed by atoms with Gasteiger partial charge in [0.1, 0.15) is 0 Å². The Labute approximate surface area is 139 Å². The highest BCUT2D eigenvalue weighted by Crippen LogP contribution is 2.35. The molecule has 128 valence electrons. The quantitative estimate of drug-likeness (QED) is 0.715. The summed E-state index contributed by atoms with van der Waals surface area (Å²) in [7, 11) is 0. The summed E-state index contributed by atoms with van der Waals surface area (Å²) in [4.78, 5) is 0. The van der Waals surface area contributed by atoms with Crippen LogP contribution in [0.3, 0.4) is 0 Å². The lowest BCUT2D eigenvalue weighted by molar-refractivity contribution is 0.280. The summed E-state index contributed by atoms with van der Waals surface area (Å²) in [6.45, 7) is 8.45. The first-order valence-electron chi connectivity index (χ1n) is 8.77. The predicted molar refractivity (Wildman–Crippen MR) is 94.6 cm³/mol. The van der Waals surface area contributed by atoms with Crippen LogP contribution in [0.15, 0.2) is 18.3 Å². The lowest BCUT2D eigenvalue weighted by Crippen LogP contribution is -2.01. The first-order chi connectivity index (χ1) is 11.2. The number of nitrogens with zero attached hydrogens (tertiary/aromatic N) is 1. The summed E-state index contributed by atoms with van der Waals surface area (Å²) in [6.07, 6.45) is 6.41. The highest BCUT2D eigenvalue weighted by atomic mass is 16.5. The second-order valence-corrected chi connectivity index (χ2v) is 5.71. The van der Waals surface area contributed by atoms with Crippen LogP contribution in [0.2, 0.25) is 0 Å². The van der Waals surface area contributed by atoms with Crippen LogP contribution < -0.4 is 9.47 Å². The zero-order valence-corrected chi connectivity index (χ0v) is 14.6. The molecule has 0 spiro atoms. The summed E-state index contributed by atoms with van der Waals surface area (Å²) in [5, 5.41) is 10.4. The number of aromatic nitrogens is 1. The third kappa shape index (κ3) is 4.20. The van der Waals surface area contributed by atoms with Gasteiger partial charge in [0.05, 0.1) is 18.7 Å². The summed E-state index contributed by atoms with van der Waals surface area (Å²) < 4.78 is 13.8. The van der Waals surface area contributed by atoms with Gasteiger partial charge in [0.25, 0.3) is 0 Å². The van der Waals surface area contributed by atoms with Gasteiger partial charge < -0.3 is 19.1 Å². The average Bonchev–Trinajstić information content (AvgIpc) is 2.88. The lowest BCUT2D eigenvalue weighted by Gasteiger charge is -2.12. The van der Waals surface area contributed by atoms with Crippen molar-refractivity contribution in [3.8, 4) is 11.5 Å². The number of benzene rings is 1. The molecular formula is C19H29NO3. The van der Waals surface area contributed by atoms with Crippen molar-refractivity contribution in [2.75, 3.05) is 19.8 Å². The van der Waals surface area contributed by atoms with Gasteiger partial charge in [-0.05, 0) is 44.7 Å². The van der Waals surface area contributed by atoms with Gasteiger partial charge in [0, 0.05) is 30.8 Å². The molecule has 0 aliphatic heterocycles. The fourth-order valence-electron chi connectivity index (χ4n) is 2.90. The largest absolute Gasteiger partial charge is 0.490 e. The van der Waals surface area contributed by atoms with Crippen molar-refractivity contribution in [1.82, 2.24) is 4.57 Å². The Morgan fingerprint density at radius 3 is 2.30 bits per heavy atom. The predicted octanol–water partition coefficient (Wildman–Crippen LogP) is 4.16. The molecule has 0 bridgehead atoms. The van der Waals surface area contributed by atoms with E-state index < -0.39 is 0 Å². The normalized spacial score (nSPS) is 11.1. The van der Waals surface area contributed by atoms with Gasteiger partial charge in [0.2, 0.25) is 0 Å². The second-order valence-electron chi connectivity index (χ2n) is 5.71. The highest BCUT2D eigenvalue weighted by molar-refractivity contribution is 5.87. The Morgan fingerprint density at radius 2 is 1.70 bits per heavy atom. The second kappa shape index (κ2) is 8.82. The number of fused-ring (bicyclic) bond motifs is 1. The molecule has 1 N–H and O–H groups in total. The maximum atomic E-state index is 9.14. The van der Waals surface area contributed by atoms with Crippen molar-refractivity contribution >= 4 is 10.9 Å². The topological polar surface area (TPSA) is 43.6 Å². The number of hydrogen-bond acceptors (Lipinski definition) is 3. The van der Waals surface area contributed by atoms with Gasteiger partial charge in [-0.1, -0.05) is 13.3 Å². The zero-order chi connectivity index (χ0) is 16.7. The summed E-state index contributed by atoms with van der Waals surface area (Å²) >= 11 is 0. The van der Waals surface area contributed by atoms with Crippen molar-refractivity contribution in [3.05, 3.63) is 23.9 Å². The number of unbranched alkanes of at least 4 members (excludes halogenated alkanes) is 1. The molecule has 0 unspecified atom stereocenters. The molecule has 4 heteroatoms. The number of aliphatic hydroxyl groups is 1. The Morgan fingerprint density at radius 1 is 1.00 bits per heavy atom. The monoisotopic (exact) mass is 319 g/mol. The molecule has 0 amide bonds. The van der Waals surface area contributed by atoms with E-state index in [1.54, 1.807) is 0 Å². The Hall–Kier alpha value is -1.68. The number of aliphatic hydroxyl groups excluding tert-OH is 1. The summed E-state index contributed by atoms with van der Waals surface area (Å²) in [5.41, 5.74) is 2.51. The van der Waals surface area contributed by atoms with Crippen LogP contribution in [0.5, 0.6) is 11.5 Å². The molecule has 0 aliphatic rings. The minimum absolute atomic E-state index is 0.208. The van der Waals surface area contributed by atoms with Gasteiger partial charge in [-0.15, -0.1) is 0 Å². The molecule has 4 nitrogen and oxygen atoms in total. The van der Waals surface area contributed by atoms with Crippen LogP contribution >= 0.6 is 0 Å². The molecule has 23 heavy (non-hydrogen) atoms. The Balaban J connectivity index is 2.50. The fourth-order valence-corrected chi connectivity index (χ4v) is 2.90. The van der Waals surface area contributed by atoms with Crippen LogP contribution in [0.1, 0.15) is 45.6 Å². The van der Waals surface area contributed by atoms with Crippen LogP contribution in [0, 0.1) is 0 Å². The molecule has 0 saturated heterocycles. The van der Waals surface area contributed by atoms with E-state index in [0.717, 1.165) is 36.4 Å². The van der Waals surface area contributed by atoms with Crippen molar-refractivity contribution < 1.29 is 14.6 Å². The van der Waals surface area contributed by atoms with Crippen molar-refractivity contribution in [2.45, 2.75) is 53.0 Å². The Bertz CT molecular complexity index is 567. The Kier molecular flexibility index (Phi) is 6.78. The molecule has 1 heterocycles. The lowest BCUT2D eigenvalue weighted by atomic mass is 10.1. The molecular weight excluding hydrogens is 290 g/mol. The first-order valence-corrected chi connectivity index (χ1v) is 8.77. The minimum atomic E-state index is 0.208. The van der Waals surface area contributed by atoms with Crippen LogP contribution in [0.4, 0.5) is 0 Å². The molecule has 1 aromatic carbocycles. The van der Waals surface area contributed by atoms with Crippen LogP contribution in [-0.4, -0.2) is 29.5 Å². The van der Waals surface area contributed by atoms with Gasteiger partial charge in [-0.25, -0.2) is 0 Å². The number of ether oxygens (including phenoxy) is 2. The van der Waals surface area contributed by atoms with E-state index in [1.807, 2.05) is 13.8 Å². The molecule has 2 aromatic rings. The SMILES string of the molecule is CCCCc1cn(CCCO)c2cc(OCC)c(OCC)cc12. The molecule has 0 fully saturated rings.